The van der Waals surface area contributed by atoms with Crippen LogP contribution in [0.15, 0.2) is 42.5 Å². The highest BCUT2D eigenvalue weighted by Crippen LogP contribution is 2.36. The monoisotopic (exact) mass is 454 g/mol. The van der Waals surface area contributed by atoms with Gasteiger partial charge in [0.15, 0.2) is 0 Å². The fraction of sp³-hybridized carbons (Fsp3) is 0.235. The smallest absolute Gasteiger partial charge is 0.324 e. The van der Waals surface area contributed by atoms with Gasteiger partial charge in [-0.15, -0.1) is 0 Å². The van der Waals surface area contributed by atoms with E-state index >= 15 is 0 Å². The number of nitrogens with zero attached hydrogens (tertiary/aromatic N) is 1. The maximum absolute atomic E-state index is 13.2. The van der Waals surface area contributed by atoms with Gasteiger partial charge in [0, 0.05) is 10.0 Å². The molecule has 0 aliphatic carbocycles. The molecule has 0 aliphatic rings. The van der Waals surface area contributed by atoms with E-state index in [1.54, 1.807) is 0 Å². The zero-order valence-corrected chi connectivity index (χ0v) is 16.9. The first-order chi connectivity index (χ1) is 12.8. The summed E-state index contributed by atoms with van der Waals surface area (Å²) in [6, 6.07) is 7.16. The molecule has 2 rings (SSSR count). The van der Waals surface area contributed by atoms with Gasteiger partial charge in [-0.25, -0.2) is 8.42 Å². The molecule has 0 aromatic heterocycles. The molecule has 0 heterocycles. The third-order valence-electron chi connectivity index (χ3n) is 3.71. The summed E-state index contributed by atoms with van der Waals surface area (Å²) in [4.78, 5) is 12.6. The normalized spacial score (nSPS) is 13.1. The van der Waals surface area contributed by atoms with Gasteiger partial charge in [0.2, 0.25) is 15.9 Å². The number of carbonyl (C=O) groups excluding carboxylic acids is 1. The summed E-state index contributed by atoms with van der Waals surface area (Å²) < 4.78 is 64.8. The molecule has 1 atom stereocenters. The maximum atomic E-state index is 13.2. The molecule has 1 amide bonds. The van der Waals surface area contributed by atoms with Crippen LogP contribution in [-0.2, 0) is 21.0 Å². The van der Waals surface area contributed by atoms with Crippen LogP contribution in [0.1, 0.15) is 12.5 Å². The summed E-state index contributed by atoms with van der Waals surface area (Å²) in [7, 11) is -3.93. The molecule has 2 aromatic rings. The Bertz CT molecular complexity index is 980. The minimum Gasteiger partial charge on any atom is -0.324 e. The quantitative estimate of drug-likeness (QED) is 0.704. The Morgan fingerprint density at radius 1 is 1.07 bits per heavy atom. The van der Waals surface area contributed by atoms with E-state index in [0.29, 0.717) is 11.1 Å². The van der Waals surface area contributed by atoms with E-state index in [4.69, 9.17) is 23.2 Å². The van der Waals surface area contributed by atoms with Crippen LogP contribution in [0.25, 0.3) is 0 Å². The number of hydrogen-bond donors (Lipinski definition) is 1. The van der Waals surface area contributed by atoms with Crippen LogP contribution < -0.4 is 9.62 Å². The van der Waals surface area contributed by atoms with Gasteiger partial charge in [0.1, 0.15) is 6.04 Å². The van der Waals surface area contributed by atoms with E-state index in [1.165, 1.54) is 37.3 Å². The molecule has 1 N–H and O–H groups in total. The number of hydrogen-bond acceptors (Lipinski definition) is 3. The Kier molecular flexibility index (Phi) is 6.52. The van der Waals surface area contributed by atoms with E-state index in [-0.39, 0.29) is 10.7 Å². The van der Waals surface area contributed by atoms with E-state index in [2.05, 4.69) is 5.32 Å². The van der Waals surface area contributed by atoms with Gasteiger partial charge in [-0.1, -0.05) is 23.2 Å². The number of anilines is 2. The zero-order valence-electron chi connectivity index (χ0n) is 14.6. The Morgan fingerprint density at radius 3 is 2.11 bits per heavy atom. The molecular formula is C17H15Cl2F3N2O3S. The van der Waals surface area contributed by atoms with Crippen molar-refractivity contribution in [2.24, 2.45) is 0 Å². The molecule has 0 unspecified atom stereocenters. The first kappa shape index (κ1) is 22.3. The molecule has 0 saturated carbocycles. The molecule has 0 aliphatic heterocycles. The number of nitrogens with one attached hydrogen (secondary N) is 1. The minimum absolute atomic E-state index is 0.140. The third-order valence-corrected chi connectivity index (χ3v) is 5.44. The van der Waals surface area contributed by atoms with Gasteiger partial charge >= 0.3 is 6.18 Å². The van der Waals surface area contributed by atoms with Crippen molar-refractivity contribution in [1.29, 1.82) is 0 Å². The van der Waals surface area contributed by atoms with Crippen molar-refractivity contribution >= 4 is 50.5 Å². The summed E-state index contributed by atoms with van der Waals surface area (Å²) >= 11 is 11.4. The minimum atomic E-state index is -4.76. The standard InChI is InChI=1S/C17H15Cl2F3N2O3S/c1-10(24(28(2,26)27)13-6-3-11(18)4-7-13)16(25)23-15-8-5-12(19)9-14(15)17(20,21)22/h3-10H,1-2H3,(H,23,25)/t10-/m0/s1. The summed E-state index contributed by atoms with van der Waals surface area (Å²) in [6.07, 6.45) is -3.88. The Balaban J connectivity index is 2.38. The van der Waals surface area contributed by atoms with Gasteiger partial charge in [-0.05, 0) is 49.4 Å². The van der Waals surface area contributed by atoms with Gasteiger partial charge in [-0.3, -0.25) is 9.10 Å². The summed E-state index contributed by atoms with van der Waals surface area (Å²) in [6.45, 7) is 1.26. The van der Waals surface area contributed by atoms with Crippen molar-refractivity contribution in [3.05, 3.63) is 58.1 Å². The zero-order chi connectivity index (χ0) is 21.3. The lowest BCUT2D eigenvalue weighted by Gasteiger charge is -2.28. The van der Waals surface area contributed by atoms with E-state index in [1.807, 2.05) is 0 Å². The molecule has 2 aromatic carbocycles. The SMILES string of the molecule is C[C@@H](C(=O)Nc1ccc(Cl)cc1C(F)(F)F)N(c1ccc(Cl)cc1)S(C)(=O)=O. The lowest BCUT2D eigenvalue weighted by Crippen LogP contribution is -2.45. The van der Waals surface area contributed by atoms with Crippen LogP contribution >= 0.6 is 23.2 Å². The summed E-state index contributed by atoms with van der Waals surface area (Å²) in [5.41, 5.74) is -1.53. The van der Waals surface area contributed by atoms with Crippen LogP contribution in [0.2, 0.25) is 10.0 Å². The average Bonchev–Trinajstić information content (AvgIpc) is 2.56. The van der Waals surface area contributed by atoms with Crippen LogP contribution in [0.4, 0.5) is 24.5 Å². The van der Waals surface area contributed by atoms with E-state index in [9.17, 15) is 26.4 Å². The lowest BCUT2D eigenvalue weighted by atomic mass is 10.1. The first-order valence-corrected chi connectivity index (χ1v) is 10.3. The van der Waals surface area contributed by atoms with Crippen molar-refractivity contribution in [2.75, 3.05) is 15.9 Å². The number of halogens is 5. The lowest BCUT2D eigenvalue weighted by molar-refractivity contribution is -0.137. The largest absolute Gasteiger partial charge is 0.418 e. The molecule has 152 valence electrons. The van der Waals surface area contributed by atoms with Crippen molar-refractivity contribution in [3.63, 3.8) is 0 Å². The molecule has 0 fully saturated rings. The topological polar surface area (TPSA) is 66.5 Å². The highest BCUT2D eigenvalue weighted by molar-refractivity contribution is 7.92. The molecule has 5 nitrogen and oxygen atoms in total. The molecule has 0 saturated heterocycles. The predicted molar refractivity (Wildman–Crippen MR) is 103 cm³/mol. The Labute approximate surface area is 170 Å². The third kappa shape index (κ3) is 5.30. The number of sulfonamides is 1. The van der Waals surface area contributed by atoms with Crippen molar-refractivity contribution in [2.45, 2.75) is 19.1 Å². The number of alkyl halides is 3. The molecular weight excluding hydrogens is 440 g/mol. The predicted octanol–water partition coefficient (Wildman–Crippen LogP) is 4.81. The number of amides is 1. The van der Waals surface area contributed by atoms with Crippen molar-refractivity contribution in [1.82, 2.24) is 0 Å². The average molecular weight is 455 g/mol. The fourth-order valence-electron chi connectivity index (χ4n) is 2.49. The molecule has 0 bridgehead atoms. The molecule has 28 heavy (non-hydrogen) atoms. The van der Waals surface area contributed by atoms with Crippen LogP contribution in [0.5, 0.6) is 0 Å². The second-order valence-corrected chi connectivity index (χ2v) is 8.62. The van der Waals surface area contributed by atoms with Crippen LogP contribution in [-0.4, -0.2) is 26.6 Å². The van der Waals surface area contributed by atoms with Gasteiger partial charge in [0.25, 0.3) is 0 Å². The van der Waals surface area contributed by atoms with Crippen LogP contribution in [0, 0.1) is 0 Å². The number of benzene rings is 2. The van der Waals surface area contributed by atoms with Crippen molar-refractivity contribution < 1.29 is 26.4 Å². The van der Waals surface area contributed by atoms with Gasteiger partial charge < -0.3 is 5.32 Å². The molecule has 0 spiro atoms. The molecule has 0 radical (unpaired) electrons. The first-order valence-electron chi connectivity index (χ1n) is 7.73. The van der Waals surface area contributed by atoms with E-state index in [0.717, 1.165) is 16.6 Å². The highest BCUT2D eigenvalue weighted by Gasteiger charge is 2.35. The highest BCUT2D eigenvalue weighted by atomic mass is 35.5. The Morgan fingerprint density at radius 2 is 1.61 bits per heavy atom. The van der Waals surface area contributed by atoms with Crippen molar-refractivity contribution in [3.8, 4) is 0 Å². The molecule has 11 heteroatoms. The fourth-order valence-corrected chi connectivity index (χ4v) is 3.97. The second kappa shape index (κ2) is 8.18. The number of carbonyl (C=O) groups is 1. The number of rotatable bonds is 5. The maximum Gasteiger partial charge on any atom is 0.418 e. The van der Waals surface area contributed by atoms with E-state index < -0.39 is 39.4 Å². The van der Waals surface area contributed by atoms with Crippen LogP contribution in [0.3, 0.4) is 0 Å². The van der Waals surface area contributed by atoms with Gasteiger partial charge in [-0.2, -0.15) is 13.2 Å². The second-order valence-electron chi connectivity index (χ2n) is 5.89. The van der Waals surface area contributed by atoms with Gasteiger partial charge in [0.05, 0.1) is 23.2 Å². The summed E-state index contributed by atoms with van der Waals surface area (Å²) in [5, 5.41) is 2.32. The Hall–Kier alpha value is -1.97. The summed E-state index contributed by atoms with van der Waals surface area (Å²) in [5.74, 6) is -0.951.